The monoisotopic (exact) mass is 533 g/mol. The van der Waals surface area contributed by atoms with E-state index in [9.17, 15) is 0 Å². The van der Waals surface area contributed by atoms with Crippen LogP contribution in [-0.2, 0) is 0 Å². The van der Waals surface area contributed by atoms with Gasteiger partial charge in [-0.1, -0.05) is 136 Å². The molecule has 0 N–H and O–H groups in total. The maximum atomic E-state index is 6.39. The summed E-state index contributed by atoms with van der Waals surface area (Å²) in [6.45, 7) is 11.8. The van der Waals surface area contributed by atoms with Gasteiger partial charge in [-0.2, -0.15) is 9.97 Å². The molecular weight excluding hydrogens is 502 g/mol. The van der Waals surface area contributed by atoms with Gasteiger partial charge in [-0.15, -0.1) is 0 Å². The van der Waals surface area contributed by atoms with E-state index in [0.29, 0.717) is 11.6 Å². The summed E-state index contributed by atoms with van der Waals surface area (Å²) in [5.74, 6) is 1.15. The fourth-order valence-corrected chi connectivity index (χ4v) is 6.43. The van der Waals surface area contributed by atoms with Crippen molar-refractivity contribution in [2.24, 2.45) is 0 Å². The number of benzene rings is 4. The van der Waals surface area contributed by atoms with Crippen molar-refractivity contribution in [3.05, 3.63) is 108 Å². The molecule has 1 heterocycles. The number of rotatable bonds is 5. The fraction of sp³-hybridized carbons (Fsp3) is 0.182. The van der Waals surface area contributed by atoms with E-state index < -0.39 is 8.07 Å². The molecule has 0 atom stereocenters. The van der Waals surface area contributed by atoms with Gasteiger partial charge in [0.1, 0.15) is 0 Å². The highest BCUT2D eigenvalue weighted by atomic mass is 35.5. The van der Waals surface area contributed by atoms with E-state index >= 15 is 0 Å². The zero-order chi connectivity index (χ0) is 26.9. The predicted octanol–water partition coefficient (Wildman–Crippen LogP) is 8.91. The molecule has 0 aliphatic heterocycles. The second-order valence-corrected chi connectivity index (χ2v) is 16.9. The topological polar surface area (TPSA) is 38.7 Å². The Kier molecular flexibility index (Phi) is 7.04. The molecular formula is C33H32ClN3Si. The smallest absolute Gasteiger partial charge is 0.208 e. The number of hydrogen-bond acceptors (Lipinski definition) is 3. The van der Waals surface area contributed by atoms with Crippen molar-refractivity contribution >= 4 is 24.9 Å². The Bertz CT molecular complexity index is 1560. The number of hydrogen-bond donors (Lipinski definition) is 0. The van der Waals surface area contributed by atoms with E-state index in [4.69, 9.17) is 16.6 Å². The zero-order valence-electron chi connectivity index (χ0n) is 22.5. The minimum absolute atomic E-state index is 0.191. The molecule has 0 saturated heterocycles. The van der Waals surface area contributed by atoms with Gasteiger partial charge in [0.05, 0.1) is 8.07 Å². The fourth-order valence-electron chi connectivity index (χ4n) is 4.40. The van der Waals surface area contributed by atoms with E-state index in [0.717, 1.165) is 22.3 Å². The van der Waals surface area contributed by atoms with Crippen LogP contribution in [0.3, 0.4) is 0 Å². The lowest BCUT2D eigenvalue weighted by Gasteiger charge is -2.37. The van der Waals surface area contributed by atoms with E-state index in [1.807, 2.05) is 18.2 Å². The lowest BCUT2D eigenvalue weighted by molar-refractivity contribution is 0.729. The molecule has 0 aliphatic carbocycles. The van der Waals surface area contributed by atoms with Crippen molar-refractivity contribution in [3.8, 4) is 45.0 Å². The summed E-state index contributed by atoms with van der Waals surface area (Å²) in [5.41, 5.74) is 6.47. The molecule has 0 unspecified atom stereocenters. The number of aromatic nitrogens is 3. The SMILES string of the molecule is CC(C)(C)[Si](C)(C)c1ccc(-c2nc(Cl)nc(-c3cccc(-c4ccc(-c5ccccc5)cc4)c3)n2)cc1. The van der Waals surface area contributed by atoms with Crippen LogP contribution in [0.25, 0.3) is 45.0 Å². The van der Waals surface area contributed by atoms with E-state index in [-0.39, 0.29) is 10.3 Å². The number of halogens is 1. The summed E-state index contributed by atoms with van der Waals surface area (Å²) < 4.78 is 0. The van der Waals surface area contributed by atoms with Crippen molar-refractivity contribution in [1.29, 1.82) is 0 Å². The average Bonchev–Trinajstić information content (AvgIpc) is 2.93. The summed E-state index contributed by atoms with van der Waals surface area (Å²) in [6, 6.07) is 35.9. The third-order valence-corrected chi connectivity index (χ3v) is 13.5. The maximum Gasteiger partial charge on any atom is 0.226 e. The lowest BCUT2D eigenvalue weighted by Crippen LogP contribution is -2.49. The van der Waals surface area contributed by atoms with E-state index in [1.54, 1.807) is 0 Å². The third kappa shape index (κ3) is 5.33. The number of nitrogens with zero attached hydrogens (tertiary/aromatic N) is 3. The van der Waals surface area contributed by atoms with Gasteiger partial charge in [-0.05, 0) is 45.0 Å². The third-order valence-electron chi connectivity index (χ3n) is 7.79. The molecule has 0 spiro atoms. The minimum atomic E-state index is -1.62. The Morgan fingerprint density at radius 2 is 1.00 bits per heavy atom. The molecule has 0 bridgehead atoms. The molecule has 38 heavy (non-hydrogen) atoms. The molecule has 0 aliphatic rings. The van der Waals surface area contributed by atoms with E-state index in [1.165, 1.54) is 16.3 Å². The highest BCUT2D eigenvalue weighted by molar-refractivity contribution is 6.92. The van der Waals surface area contributed by atoms with Crippen molar-refractivity contribution in [1.82, 2.24) is 15.0 Å². The van der Waals surface area contributed by atoms with Crippen molar-refractivity contribution in [2.75, 3.05) is 0 Å². The second-order valence-electron chi connectivity index (χ2n) is 11.2. The van der Waals surface area contributed by atoms with Crippen molar-refractivity contribution in [3.63, 3.8) is 0 Å². The van der Waals surface area contributed by atoms with Crippen LogP contribution < -0.4 is 5.19 Å². The van der Waals surface area contributed by atoms with Crippen molar-refractivity contribution in [2.45, 2.75) is 38.9 Å². The Hall–Kier alpha value is -3.60. The molecule has 190 valence electrons. The molecule has 5 rings (SSSR count). The first-order chi connectivity index (χ1) is 18.1. The second kappa shape index (κ2) is 10.3. The molecule has 0 saturated carbocycles. The Labute approximate surface area is 231 Å². The maximum absolute atomic E-state index is 6.39. The van der Waals surface area contributed by atoms with Gasteiger partial charge < -0.3 is 0 Å². The quantitative estimate of drug-likeness (QED) is 0.212. The Morgan fingerprint density at radius 3 is 1.61 bits per heavy atom. The van der Waals surface area contributed by atoms with Gasteiger partial charge in [-0.3, -0.25) is 0 Å². The highest BCUT2D eigenvalue weighted by Crippen LogP contribution is 2.36. The van der Waals surface area contributed by atoms with Gasteiger partial charge in [0, 0.05) is 11.1 Å². The first-order valence-electron chi connectivity index (χ1n) is 12.9. The molecule has 0 fully saturated rings. The average molecular weight is 534 g/mol. The molecule has 5 heteroatoms. The summed E-state index contributed by atoms with van der Waals surface area (Å²) in [7, 11) is -1.62. The molecule has 3 nitrogen and oxygen atoms in total. The molecule has 5 aromatic rings. The zero-order valence-corrected chi connectivity index (χ0v) is 24.3. The van der Waals surface area contributed by atoms with E-state index in [2.05, 4.69) is 129 Å². The minimum Gasteiger partial charge on any atom is -0.208 e. The van der Waals surface area contributed by atoms with Gasteiger partial charge in [-0.25, -0.2) is 4.98 Å². The van der Waals surface area contributed by atoms with Crippen LogP contribution in [0.4, 0.5) is 0 Å². The molecule has 0 amide bonds. The standard InChI is InChI=1S/C33H32ClN3Si/c1-33(2,3)38(4,5)29-20-18-26(19-21-29)30-35-31(37-32(34)36-30)28-13-9-12-27(22-28)25-16-14-24(15-17-25)23-10-7-6-8-11-23/h6-22H,1-5H3. The molecule has 4 aromatic carbocycles. The molecule has 0 radical (unpaired) electrons. The molecule has 1 aromatic heterocycles. The lowest BCUT2D eigenvalue weighted by atomic mass is 9.99. The highest BCUT2D eigenvalue weighted by Gasteiger charge is 2.36. The van der Waals surface area contributed by atoms with Crippen LogP contribution in [0.2, 0.25) is 23.4 Å². The Morgan fingerprint density at radius 1 is 0.526 bits per heavy atom. The van der Waals surface area contributed by atoms with Crippen molar-refractivity contribution < 1.29 is 0 Å². The van der Waals surface area contributed by atoms with Crippen LogP contribution in [-0.4, -0.2) is 23.0 Å². The Balaban J connectivity index is 1.44. The van der Waals surface area contributed by atoms with Crippen LogP contribution in [0.1, 0.15) is 20.8 Å². The van der Waals surface area contributed by atoms with Crippen LogP contribution in [0, 0.1) is 0 Å². The predicted molar refractivity (Wildman–Crippen MR) is 163 cm³/mol. The summed E-state index contributed by atoms with van der Waals surface area (Å²) in [6.07, 6.45) is 0. The summed E-state index contributed by atoms with van der Waals surface area (Å²) in [4.78, 5) is 13.7. The van der Waals surface area contributed by atoms with Crippen LogP contribution in [0.15, 0.2) is 103 Å². The largest absolute Gasteiger partial charge is 0.226 e. The first-order valence-corrected chi connectivity index (χ1v) is 16.3. The van der Waals surface area contributed by atoms with Gasteiger partial charge in [0.2, 0.25) is 5.28 Å². The van der Waals surface area contributed by atoms with Crippen LogP contribution >= 0.6 is 11.6 Å². The summed E-state index contributed by atoms with van der Waals surface area (Å²) >= 11 is 6.39. The van der Waals surface area contributed by atoms with Crippen LogP contribution in [0.5, 0.6) is 0 Å². The first kappa shape index (κ1) is 26.0. The van der Waals surface area contributed by atoms with Gasteiger partial charge >= 0.3 is 0 Å². The van der Waals surface area contributed by atoms with Gasteiger partial charge in [0.15, 0.2) is 11.6 Å². The summed E-state index contributed by atoms with van der Waals surface area (Å²) in [5, 5.41) is 1.88. The normalized spacial score (nSPS) is 11.9. The van der Waals surface area contributed by atoms with Gasteiger partial charge in [0.25, 0.3) is 0 Å².